The molecule has 0 unspecified atom stereocenters. The fourth-order valence-corrected chi connectivity index (χ4v) is 8.29. The van der Waals surface area contributed by atoms with Crippen molar-refractivity contribution < 1.29 is 17.9 Å². The molecule has 0 bridgehead atoms. The van der Waals surface area contributed by atoms with Crippen LogP contribution in [-0.4, -0.2) is 69.4 Å². The molecule has 2 aromatic carbocycles. The number of aromatic nitrogens is 3. The quantitative estimate of drug-likeness (QED) is 0.204. The molecule has 0 amide bonds. The van der Waals surface area contributed by atoms with Crippen LogP contribution in [0.15, 0.2) is 30.3 Å². The largest absolute Gasteiger partial charge is 0.461 e. The van der Waals surface area contributed by atoms with Crippen LogP contribution < -0.4 is 15.4 Å². The number of anilines is 1. The molecule has 0 radical (unpaired) electrons. The highest BCUT2D eigenvalue weighted by atomic mass is 19.1. The summed E-state index contributed by atoms with van der Waals surface area (Å²) in [4.78, 5) is 16.7. The minimum absolute atomic E-state index is 0.00648. The lowest BCUT2D eigenvalue weighted by Crippen LogP contribution is -2.45. The zero-order chi connectivity index (χ0) is 32.4. The van der Waals surface area contributed by atoms with Gasteiger partial charge in [0, 0.05) is 48.0 Å². The lowest BCUT2D eigenvalue weighted by Gasteiger charge is -2.31. The van der Waals surface area contributed by atoms with Crippen molar-refractivity contribution in [3.05, 3.63) is 53.2 Å². The van der Waals surface area contributed by atoms with Crippen LogP contribution in [0.3, 0.4) is 0 Å². The van der Waals surface area contributed by atoms with Crippen LogP contribution in [0.5, 0.6) is 6.01 Å². The zero-order valence-electron chi connectivity index (χ0n) is 26.8. The average Bonchev–Trinajstić information content (AvgIpc) is 3.75. The first kappa shape index (κ1) is 30.4. The number of alkyl halides is 1. The van der Waals surface area contributed by atoms with E-state index >= 15 is 4.39 Å². The van der Waals surface area contributed by atoms with E-state index in [1.54, 1.807) is 18.2 Å². The molecule has 10 heteroatoms. The highest BCUT2D eigenvalue weighted by Gasteiger charge is 2.49. The molecule has 0 spiro atoms. The Hall–Kier alpha value is -3.94. The molecule has 7 nitrogen and oxygen atoms in total. The van der Waals surface area contributed by atoms with Gasteiger partial charge in [-0.3, -0.25) is 4.90 Å². The third-order valence-corrected chi connectivity index (χ3v) is 10.8. The van der Waals surface area contributed by atoms with Crippen LogP contribution in [0.1, 0.15) is 76.0 Å². The minimum atomic E-state index is -0.901. The molecule has 4 aromatic rings. The molecule has 3 fully saturated rings. The molecule has 5 heterocycles. The molecule has 4 aliphatic rings. The Morgan fingerprint density at radius 1 is 1.17 bits per heavy atom. The van der Waals surface area contributed by atoms with Gasteiger partial charge in [0.1, 0.15) is 35.6 Å². The van der Waals surface area contributed by atoms with Crippen LogP contribution in [0.25, 0.3) is 32.9 Å². The summed E-state index contributed by atoms with van der Waals surface area (Å²) >= 11 is 0. The van der Waals surface area contributed by atoms with Crippen LogP contribution in [0.4, 0.5) is 19.0 Å². The SMILES string of the molecule is C#Cc1c(F)ccc2cccc(-c3nc4c5c(nc(OC[C@@]67CCCN6C[C@H](F)C7)nc5c3F)N[C@@H]([C@H](CC)NC3CC3)C[C@H]4C)c12. The van der Waals surface area contributed by atoms with Gasteiger partial charge in [-0.25, -0.2) is 18.2 Å². The van der Waals surface area contributed by atoms with Gasteiger partial charge in [0.15, 0.2) is 5.82 Å². The summed E-state index contributed by atoms with van der Waals surface area (Å²) in [7, 11) is 0. The Morgan fingerprint density at radius 3 is 2.81 bits per heavy atom. The number of rotatable bonds is 8. The van der Waals surface area contributed by atoms with Gasteiger partial charge in [0.25, 0.3) is 0 Å². The number of hydrogen-bond donors (Lipinski definition) is 2. The lowest BCUT2D eigenvalue weighted by molar-refractivity contribution is 0.107. The number of benzene rings is 2. The van der Waals surface area contributed by atoms with Gasteiger partial charge in [0.05, 0.1) is 22.2 Å². The minimum Gasteiger partial charge on any atom is -0.461 e. The predicted octanol–water partition coefficient (Wildman–Crippen LogP) is 6.88. The third kappa shape index (κ3) is 5.19. The van der Waals surface area contributed by atoms with E-state index in [1.165, 1.54) is 6.07 Å². The standard InChI is InChI=1S/C37H39F3N6O/c1-4-24-26(39)13-10-21-8-6-9-25(29(21)24)33-31(40)34-30-32(43-33)20(3)16-28(27(5-2)41-23-11-12-23)42-35(30)45-36(44-34)47-19-37-14-7-15-46(37)18-22(38)17-37/h1,6,8-10,13,20,22-23,27-28,41H,5,7,11-12,14-19H2,2-3H3,(H,42,44,45)/t20-,22-,27+,28-,37+/m1/s1. The predicted molar refractivity (Wildman–Crippen MR) is 177 cm³/mol. The number of hydrogen-bond acceptors (Lipinski definition) is 7. The van der Waals surface area contributed by atoms with Crippen molar-refractivity contribution in [2.45, 2.75) is 94.5 Å². The molecular weight excluding hydrogens is 601 g/mol. The highest BCUT2D eigenvalue weighted by Crippen LogP contribution is 2.44. The summed E-state index contributed by atoms with van der Waals surface area (Å²) in [5, 5.41) is 9.07. The van der Waals surface area contributed by atoms with E-state index in [4.69, 9.17) is 21.1 Å². The normalized spacial score (nSPS) is 26.2. The summed E-state index contributed by atoms with van der Waals surface area (Å²) in [6.45, 7) is 5.72. The van der Waals surface area contributed by atoms with Gasteiger partial charge < -0.3 is 15.4 Å². The van der Waals surface area contributed by atoms with E-state index in [2.05, 4.69) is 40.3 Å². The second-order valence-corrected chi connectivity index (χ2v) is 13.9. The smallest absolute Gasteiger partial charge is 0.319 e. The van der Waals surface area contributed by atoms with Crippen molar-refractivity contribution in [3.63, 3.8) is 0 Å². The Bertz CT molecular complexity index is 1920. The number of fused-ring (bicyclic) bond motifs is 2. The summed E-state index contributed by atoms with van der Waals surface area (Å²) in [6.07, 6.45) is 11.0. The second kappa shape index (κ2) is 11.6. The maximum atomic E-state index is 17.0. The number of nitrogens with one attached hydrogen (secondary N) is 2. The van der Waals surface area contributed by atoms with Gasteiger partial charge >= 0.3 is 6.01 Å². The van der Waals surface area contributed by atoms with Crippen LogP contribution in [0, 0.1) is 24.0 Å². The van der Waals surface area contributed by atoms with Crippen molar-refractivity contribution in [2.75, 3.05) is 25.0 Å². The maximum absolute atomic E-state index is 17.0. The van der Waals surface area contributed by atoms with Gasteiger partial charge in [0.2, 0.25) is 0 Å². The fourth-order valence-electron chi connectivity index (χ4n) is 8.29. The highest BCUT2D eigenvalue weighted by molar-refractivity contribution is 6.02. The lowest BCUT2D eigenvalue weighted by atomic mass is 9.91. The molecule has 2 aromatic heterocycles. The molecule has 5 atom stereocenters. The first-order valence-electron chi connectivity index (χ1n) is 16.9. The van der Waals surface area contributed by atoms with Crippen molar-refractivity contribution in [1.82, 2.24) is 25.2 Å². The summed E-state index contributed by atoms with van der Waals surface area (Å²) in [5.41, 5.74) is 0.856. The van der Waals surface area contributed by atoms with Crippen LogP contribution in [-0.2, 0) is 0 Å². The van der Waals surface area contributed by atoms with Crippen molar-refractivity contribution >= 4 is 27.5 Å². The van der Waals surface area contributed by atoms with Gasteiger partial charge in [-0.05, 0) is 56.5 Å². The zero-order valence-corrected chi connectivity index (χ0v) is 26.8. The summed E-state index contributed by atoms with van der Waals surface area (Å²) in [6, 6.07) is 9.02. The van der Waals surface area contributed by atoms with E-state index < -0.39 is 23.3 Å². The maximum Gasteiger partial charge on any atom is 0.319 e. The second-order valence-electron chi connectivity index (χ2n) is 13.9. The molecule has 8 rings (SSSR count). The number of ether oxygens (including phenoxy) is 1. The number of nitrogens with zero attached hydrogens (tertiary/aromatic N) is 4. The van der Waals surface area contributed by atoms with Gasteiger partial charge in [-0.15, -0.1) is 6.42 Å². The van der Waals surface area contributed by atoms with Gasteiger partial charge in [-0.2, -0.15) is 9.97 Å². The molecule has 2 N–H and O–H groups in total. The van der Waals surface area contributed by atoms with Crippen molar-refractivity contribution in [2.24, 2.45) is 0 Å². The molecule has 244 valence electrons. The topological polar surface area (TPSA) is 75.2 Å². The molecule has 1 aliphatic carbocycles. The Labute approximate surface area is 272 Å². The Balaban J connectivity index is 1.29. The molecule has 2 saturated heterocycles. The van der Waals surface area contributed by atoms with Crippen LogP contribution in [0.2, 0.25) is 0 Å². The number of terminal acetylenes is 1. The monoisotopic (exact) mass is 640 g/mol. The third-order valence-electron chi connectivity index (χ3n) is 10.8. The van der Waals surface area contributed by atoms with E-state index in [-0.39, 0.29) is 47.4 Å². The first-order valence-corrected chi connectivity index (χ1v) is 16.9. The average molecular weight is 641 g/mol. The Kier molecular flexibility index (Phi) is 7.53. The van der Waals surface area contributed by atoms with Gasteiger partial charge in [-0.1, -0.05) is 44.0 Å². The fraction of sp³-hybridized carbons (Fsp3) is 0.486. The first-order chi connectivity index (χ1) is 22.8. The molecular formula is C37H39F3N6O. The van der Waals surface area contributed by atoms with Crippen molar-refractivity contribution in [1.29, 1.82) is 0 Å². The molecule has 47 heavy (non-hydrogen) atoms. The number of halogens is 3. The molecule has 3 aliphatic heterocycles. The van der Waals surface area contributed by atoms with E-state index in [0.717, 1.165) is 45.1 Å². The Morgan fingerprint density at radius 2 is 2.02 bits per heavy atom. The van der Waals surface area contributed by atoms with E-state index in [1.807, 2.05) is 6.07 Å². The van der Waals surface area contributed by atoms with Crippen molar-refractivity contribution in [3.8, 4) is 29.6 Å². The van der Waals surface area contributed by atoms with Crippen LogP contribution >= 0.6 is 0 Å². The summed E-state index contributed by atoms with van der Waals surface area (Å²) < 4.78 is 52.9. The van der Waals surface area contributed by atoms with E-state index in [0.29, 0.717) is 52.2 Å². The molecule has 1 saturated carbocycles. The summed E-state index contributed by atoms with van der Waals surface area (Å²) in [5.74, 6) is 1.67. The number of pyridine rings is 1. The van der Waals surface area contributed by atoms with E-state index in [9.17, 15) is 8.78 Å².